The number of halogens is 2. The van der Waals surface area contributed by atoms with E-state index in [1.54, 1.807) is 35.2 Å². The molecule has 0 saturated carbocycles. The number of rotatable bonds is 7. The first kappa shape index (κ1) is 20.5. The molecule has 2 aromatic carbocycles. The summed E-state index contributed by atoms with van der Waals surface area (Å²) in [7, 11) is -4.68. The average Bonchev–Trinajstić information content (AvgIpc) is 3.21. The van der Waals surface area contributed by atoms with Gasteiger partial charge in [-0.15, -0.1) is 11.8 Å². The number of para-hydroxylation sites is 1. The van der Waals surface area contributed by atoms with Gasteiger partial charge in [0.05, 0.1) is 10.6 Å². The minimum absolute atomic E-state index is 0.172. The van der Waals surface area contributed by atoms with Gasteiger partial charge in [-0.25, -0.2) is 8.42 Å². The summed E-state index contributed by atoms with van der Waals surface area (Å²) in [5.41, 5.74) is 1.98. The highest BCUT2D eigenvalue weighted by molar-refractivity contribution is 7.98. The van der Waals surface area contributed by atoms with Gasteiger partial charge in [-0.2, -0.15) is 20.1 Å². The first-order chi connectivity index (χ1) is 13.4. The molecule has 1 aromatic heterocycles. The van der Waals surface area contributed by atoms with E-state index >= 15 is 0 Å². The average molecular weight is 440 g/mol. The van der Waals surface area contributed by atoms with Crippen LogP contribution < -0.4 is 5.32 Å². The van der Waals surface area contributed by atoms with Gasteiger partial charge in [-0.05, 0) is 58.8 Å². The van der Waals surface area contributed by atoms with Gasteiger partial charge in [-0.1, -0.05) is 12.1 Å². The van der Waals surface area contributed by atoms with Crippen molar-refractivity contribution in [2.75, 3.05) is 5.32 Å². The summed E-state index contributed by atoms with van der Waals surface area (Å²) in [6.45, 7) is 0. The van der Waals surface area contributed by atoms with E-state index in [0.717, 1.165) is 22.8 Å². The zero-order valence-electron chi connectivity index (χ0n) is 14.3. The Hall–Kier alpha value is -2.23. The lowest BCUT2D eigenvalue weighted by molar-refractivity contribution is 0.102. The van der Waals surface area contributed by atoms with Gasteiger partial charge in [0.15, 0.2) is 0 Å². The van der Waals surface area contributed by atoms with E-state index in [1.165, 1.54) is 17.7 Å². The van der Waals surface area contributed by atoms with E-state index in [2.05, 4.69) is 10.7 Å². The van der Waals surface area contributed by atoms with Crippen molar-refractivity contribution in [1.82, 2.24) is 0 Å². The third-order valence-electron chi connectivity index (χ3n) is 3.79. The predicted molar refractivity (Wildman–Crippen MR) is 108 cm³/mol. The Morgan fingerprint density at radius 2 is 1.79 bits per heavy atom. The highest BCUT2D eigenvalue weighted by Gasteiger charge is 2.26. The van der Waals surface area contributed by atoms with Gasteiger partial charge in [0.1, 0.15) is 0 Å². The molecule has 3 rings (SSSR count). The van der Waals surface area contributed by atoms with Gasteiger partial charge in [0.25, 0.3) is 5.91 Å². The predicted octanol–water partition coefficient (Wildman–Crippen LogP) is 5.29. The number of carbonyl (C=O) groups excluding carboxylic acids is 1. The normalized spacial score (nSPS) is 11.5. The second kappa shape index (κ2) is 8.85. The molecule has 3 aromatic rings. The van der Waals surface area contributed by atoms with Crippen molar-refractivity contribution in [1.29, 1.82) is 0 Å². The number of carbonyl (C=O) groups is 1. The molecule has 0 aliphatic carbocycles. The fraction of sp³-hybridized carbons (Fsp3) is 0.105. The minimum atomic E-state index is -4.68. The van der Waals surface area contributed by atoms with Crippen LogP contribution in [0, 0.1) is 0 Å². The molecule has 146 valence electrons. The first-order valence-corrected chi connectivity index (χ1v) is 11.5. The quantitative estimate of drug-likeness (QED) is 0.508. The maximum Gasteiger partial charge on any atom is 0.341 e. The molecule has 0 aliphatic heterocycles. The standard InChI is InChI=1S/C19H15F2NO3S3/c20-19(21)28(24,25)15-7-5-14(6-8-15)18(23)22-16-3-1-2-4-17(16)27-12-13-9-10-26-11-13/h1-11,19H,12H2,(H,22,23). The number of thioether (sulfide) groups is 1. The Morgan fingerprint density at radius 1 is 1.07 bits per heavy atom. The number of thiophene rings is 1. The van der Waals surface area contributed by atoms with E-state index in [4.69, 9.17) is 0 Å². The van der Waals surface area contributed by atoms with E-state index in [-0.39, 0.29) is 5.56 Å². The number of benzene rings is 2. The van der Waals surface area contributed by atoms with Crippen LogP contribution in [0.2, 0.25) is 0 Å². The van der Waals surface area contributed by atoms with Crippen molar-refractivity contribution in [2.45, 2.75) is 21.3 Å². The largest absolute Gasteiger partial charge is 0.341 e. The summed E-state index contributed by atoms with van der Waals surface area (Å²) in [6, 6.07) is 13.8. The maximum atomic E-state index is 12.6. The van der Waals surface area contributed by atoms with Gasteiger partial charge in [0.2, 0.25) is 9.84 Å². The molecule has 1 heterocycles. The number of amides is 1. The maximum absolute atomic E-state index is 12.6. The van der Waals surface area contributed by atoms with E-state index in [0.29, 0.717) is 5.69 Å². The number of hydrogen-bond acceptors (Lipinski definition) is 5. The molecule has 0 radical (unpaired) electrons. The Bertz CT molecular complexity index is 1050. The van der Waals surface area contributed by atoms with Crippen LogP contribution in [-0.2, 0) is 15.6 Å². The second-order valence-electron chi connectivity index (χ2n) is 5.70. The molecule has 0 spiro atoms. The highest BCUT2D eigenvalue weighted by Crippen LogP contribution is 2.30. The molecule has 0 atom stereocenters. The third kappa shape index (κ3) is 4.78. The van der Waals surface area contributed by atoms with Crippen LogP contribution in [0.25, 0.3) is 0 Å². The number of hydrogen-bond donors (Lipinski definition) is 1. The Kier molecular flexibility index (Phi) is 6.48. The van der Waals surface area contributed by atoms with Crippen molar-refractivity contribution in [3.05, 3.63) is 76.5 Å². The molecule has 1 N–H and O–H groups in total. The fourth-order valence-corrected chi connectivity index (χ4v) is 4.77. The number of nitrogens with one attached hydrogen (secondary N) is 1. The smallest absolute Gasteiger partial charge is 0.321 e. The topological polar surface area (TPSA) is 63.2 Å². The summed E-state index contributed by atoms with van der Waals surface area (Å²) in [4.78, 5) is 12.8. The number of alkyl halides is 2. The summed E-state index contributed by atoms with van der Waals surface area (Å²) < 4.78 is 48.1. The van der Waals surface area contributed by atoms with Crippen LogP contribution in [0.4, 0.5) is 14.5 Å². The van der Waals surface area contributed by atoms with Crippen molar-refractivity contribution in [3.8, 4) is 0 Å². The molecule has 0 fully saturated rings. The Balaban J connectivity index is 1.73. The molecule has 1 amide bonds. The number of sulfone groups is 1. The monoisotopic (exact) mass is 439 g/mol. The third-order valence-corrected chi connectivity index (χ3v) is 7.06. The van der Waals surface area contributed by atoms with E-state index in [9.17, 15) is 22.0 Å². The highest BCUT2D eigenvalue weighted by atomic mass is 32.2. The van der Waals surface area contributed by atoms with Crippen LogP contribution in [0.3, 0.4) is 0 Å². The molecular formula is C19H15F2NO3S3. The second-order valence-corrected chi connectivity index (χ2v) is 9.42. The SMILES string of the molecule is O=C(Nc1ccccc1SCc1ccsc1)c1ccc(S(=O)(=O)C(F)F)cc1. The van der Waals surface area contributed by atoms with Crippen LogP contribution in [0.1, 0.15) is 15.9 Å². The summed E-state index contributed by atoms with van der Waals surface area (Å²) in [5, 5.41) is 6.84. The first-order valence-electron chi connectivity index (χ1n) is 8.04. The Morgan fingerprint density at radius 3 is 2.43 bits per heavy atom. The van der Waals surface area contributed by atoms with Crippen LogP contribution in [0.5, 0.6) is 0 Å². The molecule has 0 saturated heterocycles. The summed E-state index contributed by atoms with van der Waals surface area (Å²) >= 11 is 3.20. The van der Waals surface area contributed by atoms with Gasteiger partial charge in [0, 0.05) is 16.2 Å². The fourth-order valence-electron chi connectivity index (χ4n) is 2.32. The van der Waals surface area contributed by atoms with Crippen LogP contribution in [-0.4, -0.2) is 20.1 Å². The van der Waals surface area contributed by atoms with Crippen molar-refractivity contribution in [2.24, 2.45) is 0 Å². The zero-order chi connectivity index (χ0) is 20.1. The molecular weight excluding hydrogens is 424 g/mol. The van der Waals surface area contributed by atoms with Crippen LogP contribution >= 0.6 is 23.1 Å². The van der Waals surface area contributed by atoms with E-state index in [1.807, 2.05) is 23.6 Å². The van der Waals surface area contributed by atoms with Gasteiger partial charge in [-0.3, -0.25) is 4.79 Å². The molecule has 28 heavy (non-hydrogen) atoms. The zero-order valence-corrected chi connectivity index (χ0v) is 16.8. The van der Waals surface area contributed by atoms with Crippen molar-refractivity contribution in [3.63, 3.8) is 0 Å². The molecule has 4 nitrogen and oxygen atoms in total. The molecule has 0 aliphatic rings. The van der Waals surface area contributed by atoms with Crippen molar-refractivity contribution < 1.29 is 22.0 Å². The lowest BCUT2D eigenvalue weighted by Gasteiger charge is -2.11. The molecule has 0 unspecified atom stereocenters. The lowest BCUT2D eigenvalue weighted by Crippen LogP contribution is -2.14. The molecule has 0 bridgehead atoms. The Labute approximate surface area is 169 Å². The number of anilines is 1. The minimum Gasteiger partial charge on any atom is -0.321 e. The summed E-state index contributed by atoms with van der Waals surface area (Å²) in [5.74, 6) is -3.19. The summed E-state index contributed by atoms with van der Waals surface area (Å²) in [6.07, 6.45) is 0. The molecule has 9 heteroatoms. The van der Waals surface area contributed by atoms with Gasteiger partial charge >= 0.3 is 5.76 Å². The van der Waals surface area contributed by atoms with E-state index < -0.39 is 26.4 Å². The lowest BCUT2D eigenvalue weighted by atomic mass is 10.2. The van der Waals surface area contributed by atoms with Gasteiger partial charge < -0.3 is 5.32 Å². The van der Waals surface area contributed by atoms with Crippen LogP contribution in [0.15, 0.2) is 75.1 Å². The van der Waals surface area contributed by atoms with Crippen molar-refractivity contribution >= 4 is 44.5 Å².